The summed E-state index contributed by atoms with van der Waals surface area (Å²) < 4.78 is 4.47. The number of hydrogen-bond acceptors (Lipinski definition) is 2. The second-order valence-electron chi connectivity index (χ2n) is 3.67. The van der Waals surface area contributed by atoms with E-state index in [2.05, 4.69) is 30.0 Å². The standard InChI is InChI=1S/C9H15NO2/c1-7-4-9(2,5-7)6-10-8(11)12-3/h4H,5-6H2,1-3H3,(H,10,11). The number of ether oxygens (including phenoxy) is 1. The molecule has 0 fully saturated rings. The number of amides is 1. The Bertz CT molecular complexity index is 223. The zero-order valence-electron chi connectivity index (χ0n) is 7.81. The van der Waals surface area contributed by atoms with E-state index in [9.17, 15) is 4.79 Å². The van der Waals surface area contributed by atoms with Crippen molar-refractivity contribution in [2.45, 2.75) is 20.3 Å². The van der Waals surface area contributed by atoms with Crippen LogP contribution in [-0.4, -0.2) is 19.7 Å². The van der Waals surface area contributed by atoms with Gasteiger partial charge in [0.1, 0.15) is 0 Å². The Morgan fingerprint density at radius 2 is 2.42 bits per heavy atom. The van der Waals surface area contributed by atoms with Gasteiger partial charge in [-0.15, -0.1) is 0 Å². The molecule has 0 aromatic heterocycles. The van der Waals surface area contributed by atoms with Crippen LogP contribution in [0.3, 0.4) is 0 Å². The van der Waals surface area contributed by atoms with E-state index in [1.165, 1.54) is 12.7 Å². The van der Waals surface area contributed by atoms with Gasteiger partial charge in [-0.2, -0.15) is 0 Å². The summed E-state index contributed by atoms with van der Waals surface area (Å²) in [6, 6.07) is 0. The predicted octanol–water partition coefficient (Wildman–Crippen LogP) is 1.70. The van der Waals surface area contributed by atoms with Gasteiger partial charge in [0.2, 0.25) is 0 Å². The fourth-order valence-corrected chi connectivity index (χ4v) is 1.66. The van der Waals surface area contributed by atoms with Gasteiger partial charge in [-0.3, -0.25) is 0 Å². The number of carbonyl (C=O) groups is 1. The molecule has 0 aromatic carbocycles. The van der Waals surface area contributed by atoms with Crippen LogP contribution in [0.2, 0.25) is 0 Å². The molecule has 1 unspecified atom stereocenters. The first-order valence-corrected chi connectivity index (χ1v) is 4.06. The molecular weight excluding hydrogens is 154 g/mol. The zero-order valence-corrected chi connectivity index (χ0v) is 7.81. The number of allylic oxidation sites excluding steroid dienone is 1. The van der Waals surface area contributed by atoms with Crippen molar-refractivity contribution < 1.29 is 9.53 Å². The molecule has 1 amide bonds. The van der Waals surface area contributed by atoms with Crippen molar-refractivity contribution >= 4 is 6.09 Å². The second-order valence-corrected chi connectivity index (χ2v) is 3.67. The first-order chi connectivity index (χ1) is 5.56. The summed E-state index contributed by atoms with van der Waals surface area (Å²) >= 11 is 0. The maximum absolute atomic E-state index is 10.7. The fourth-order valence-electron chi connectivity index (χ4n) is 1.66. The van der Waals surface area contributed by atoms with E-state index in [0.717, 1.165) is 6.42 Å². The van der Waals surface area contributed by atoms with Crippen molar-refractivity contribution in [2.24, 2.45) is 5.41 Å². The van der Waals surface area contributed by atoms with Gasteiger partial charge < -0.3 is 10.1 Å². The smallest absolute Gasteiger partial charge is 0.406 e. The molecule has 0 radical (unpaired) electrons. The highest BCUT2D eigenvalue weighted by Gasteiger charge is 2.29. The van der Waals surface area contributed by atoms with Gasteiger partial charge in [0, 0.05) is 12.0 Å². The van der Waals surface area contributed by atoms with E-state index in [-0.39, 0.29) is 11.5 Å². The molecule has 0 bridgehead atoms. The van der Waals surface area contributed by atoms with Crippen LogP contribution in [0.5, 0.6) is 0 Å². The highest BCUT2D eigenvalue weighted by molar-refractivity contribution is 5.67. The molecule has 1 aliphatic carbocycles. The number of methoxy groups -OCH3 is 1. The van der Waals surface area contributed by atoms with Crippen LogP contribution in [0.25, 0.3) is 0 Å². The Kier molecular flexibility index (Phi) is 2.40. The van der Waals surface area contributed by atoms with E-state index in [4.69, 9.17) is 0 Å². The van der Waals surface area contributed by atoms with Gasteiger partial charge in [-0.1, -0.05) is 18.6 Å². The molecule has 1 atom stereocenters. The lowest BCUT2D eigenvalue weighted by atomic mass is 9.73. The van der Waals surface area contributed by atoms with E-state index in [0.29, 0.717) is 6.54 Å². The third-order valence-electron chi connectivity index (χ3n) is 2.10. The normalized spacial score (nSPS) is 27.1. The van der Waals surface area contributed by atoms with Crippen LogP contribution in [0.4, 0.5) is 4.79 Å². The summed E-state index contributed by atoms with van der Waals surface area (Å²) in [5.41, 5.74) is 1.54. The summed E-state index contributed by atoms with van der Waals surface area (Å²) in [6.45, 7) is 4.88. The summed E-state index contributed by atoms with van der Waals surface area (Å²) in [4.78, 5) is 10.7. The molecule has 0 spiro atoms. The number of alkyl carbamates (subject to hydrolysis) is 1. The van der Waals surface area contributed by atoms with Crippen molar-refractivity contribution in [3.05, 3.63) is 11.6 Å². The maximum atomic E-state index is 10.7. The van der Waals surface area contributed by atoms with Crippen molar-refractivity contribution in [2.75, 3.05) is 13.7 Å². The molecule has 3 nitrogen and oxygen atoms in total. The number of rotatable bonds is 2. The predicted molar refractivity (Wildman–Crippen MR) is 46.9 cm³/mol. The molecule has 0 heterocycles. The van der Waals surface area contributed by atoms with Gasteiger partial charge in [0.25, 0.3) is 0 Å². The highest BCUT2D eigenvalue weighted by atomic mass is 16.5. The fraction of sp³-hybridized carbons (Fsp3) is 0.667. The minimum Gasteiger partial charge on any atom is -0.453 e. The Balaban J connectivity index is 2.29. The third kappa shape index (κ3) is 2.00. The first-order valence-electron chi connectivity index (χ1n) is 4.06. The van der Waals surface area contributed by atoms with Crippen molar-refractivity contribution in [1.82, 2.24) is 5.32 Å². The SMILES string of the molecule is COC(=O)NCC1(C)C=C(C)C1. The molecule has 1 rings (SSSR count). The molecular formula is C9H15NO2. The molecule has 1 N–H and O–H groups in total. The Hall–Kier alpha value is -0.990. The van der Waals surface area contributed by atoms with Gasteiger partial charge in [-0.25, -0.2) is 4.79 Å². The molecule has 3 heteroatoms. The maximum Gasteiger partial charge on any atom is 0.406 e. The van der Waals surface area contributed by atoms with Gasteiger partial charge in [-0.05, 0) is 13.3 Å². The molecule has 0 aliphatic heterocycles. The minimum atomic E-state index is -0.353. The van der Waals surface area contributed by atoms with Crippen molar-refractivity contribution in [3.63, 3.8) is 0 Å². The first kappa shape index (κ1) is 9.10. The summed E-state index contributed by atoms with van der Waals surface area (Å²) in [5.74, 6) is 0. The van der Waals surface area contributed by atoms with Crippen molar-refractivity contribution in [1.29, 1.82) is 0 Å². The summed E-state index contributed by atoms with van der Waals surface area (Å²) in [7, 11) is 1.37. The average molecular weight is 169 g/mol. The van der Waals surface area contributed by atoms with Gasteiger partial charge in [0.15, 0.2) is 0 Å². The Morgan fingerprint density at radius 3 is 2.83 bits per heavy atom. The topological polar surface area (TPSA) is 38.3 Å². The molecule has 68 valence electrons. The van der Waals surface area contributed by atoms with Gasteiger partial charge in [0.05, 0.1) is 7.11 Å². The highest BCUT2D eigenvalue weighted by Crippen LogP contribution is 2.37. The van der Waals surface area contributed by atoms with Crippen LogP contribution in [-0.2, 0) is 4.74 Å². The lowest BCUT2D eigenvalue weighted by molar-refractivity contribution is 0.166. The average Bonchev–Trinajstić information content (AvgIpc) is 1.98. The number of carbonyl (C=O) groups excluding carboxylic acids is 1. The lowest BCUT2D eigenvalue weighted by Gasteiger charge is -2.35. The van der Waals surface area contributed by atoms with Crippen LogP contribution in [0.15, 0.2) is 11.6 Å². The Labute approximate surface area is 72.8 Å². The van der Waals surface area contributed by atoms with Crippen LogP contribution >= 0.6 is 0 Å². The van der Waals surface area contributed by atoms with Crippen molar-refractivity contribution in [3.8, 4) is 0 Å². The van der Waals surface area contributed by atoms with E-state index >= 15 is 0 Å². The molecule has 0 saturated carbocycles. The van der Waals surface area contributed by atoms with E-state index < -0.39 is 0 Å². The number of hydrogen-bond donors (Lipinski definition) is 1. The quantitative estimate of drug-likeness (QED) is 0.639. The van der Waals surface area contributed by atoms with Crippen LogP contribution in [0, 0.1) is 5.41 Å². The third-order valence-corrected chi connectivity index (χ3v) is 2.10. The number of nitrogens with one attached hydrogen (secondary N) is 1. The minimum absolute atomic E-state index is 0.151. The zero-order chi connectivity index (χ0) is 9.19. The molecule has 0 aromatic rings. The molecule has 1 aliphatic rings. The van der Waals surface area contributed by atoms with Crippen LogP contribution in [0.1, 0.15) is 20.3 Å². The monoisotopic (exact) mass is 169 g/mol. The largest absolute Gasteiger partial charge is 0.453 e. The second kappa shape index (κ2) is 3.17. The summed E-state index contributed by atoms with van der Waals surface area (Å²) in [6.07, 6.45) is 2.90. The Morgan fingerprint density at radius 1 is 1.83 bits per heavy atom. The summed E-state index contributed by atoms with van der Waals surface area (Å²) in [5, 5.41) is 2.69. The molecule has 12 heavy (non-hydrogen) atoms. The van der Waals surface area contributed by atoms with E-state index in [1.54, 1.807) is 0 Å². The lowest BCUT2D eigenvalue weighted by Crippen LogP contribution is -2.38. The van der Waals surface area contributed by atoms with Gasteiger partial charge >= 0.3 is 6.09 Å². The van der Waals surface area contributed by atoms with E-state index in [1.807, 2.05) is 0 Å². The molecule has 0 saturated heterocycles. The van der Waals surface area contributed by atoms with Crippen LogP contribution < -0.4 is 5.32 Å².